The van der Waals surface area contributed by atoms with Crippen LogP contribution in [0.3, 0.4) is 0 Å². The molecule has 1 aliphatic heterocycles. The van der Waals surface area contributed by atoms with Crippen molar-refractivity contribution in [2.24, 2.45) is 7.05 Å². The molecule has 6 heteroatoms. The monoisotopic (exact) mass is 391 g/mol. The Balaban J connectivity index is 1.73. The molecule has 0 saturated carbocycles. The Morgan fingerprint density at radius 1 is 1.10 bits per heavy atom. The normalized spacial score (nSPS) is 17.0. The fourth-order valence-corrected chi connectivity index (χ4v) is 4.49. The lowest BCUT2D eigenvalue weighted by Gasteiger charge is -2.35. The highest BCUT2D eigenvalue weighted by molar-refractivity contribution is 5.96. The Labute approximate surface area is 172 Å². The van der Waals surface area contributed by atoms with Crippen LogP contribution in [0.25, 0.3) is 5.69 Å². The number of nitrogens with zero attached hydrogens (tertiary/aromatic N) is 4. The van der Waals surface area contributed by atoms with Gasteiger partial charge in [-0.3, -0.25) is 4.79 Å². The summed E-state index contributed by atoms with van der Waals surface area (Å²) in [5, 5.41) is 3.40. The highest BCUT2D eigenvalue weighted by Crippen LogP contribution is 2.27. The Kier molecular flexibility index (Phi) is 5.04. The molecular formula is C23H29N5O. The number of aryl methyl sites for hydroxylation is 4. The van der Waals surface area contributed by atoms with Crippen molar-refractivity contribution < 1.29 is 4.79 Å². The average Bonchev–Trinajstić information content (AvgIpc) is 3.23. The molecule has 152 valence electrons. The summed E-state index contributed by atoms with van der Waals surface area (Å²) in [5.74, 6) is 0.983. The lowest BCUT2D eigenvalue weighted by Crippen LogP contribution is -2.49. The standard InChI is InChI=1S/C23H29N5O/c1-15-10-16(2)12-19(11-15)28-17(3)13-20(18(28)4)23(29)27-9-6-24-14-21(27)22-25-7-8-26(22)5/h7-8,10-13,21,24H,6,9,14H2,1-5H3. The number of carbonyl (C=O) groups is 1. The predicted octanol–water partition coefficient (Wildman–Crippen LogP) is 3.23. The zero-order valence-electron chi connectivity index (χ0n) is 17.9. The molecule has 0 radical (unpaired) electrons. The molecule has 3 aromatic rings. The van der Waals surface area contributed by atoms with E-state index in [1.165, 1.54) is 11.1 Å². The van der Waals surface area contributed by atoms with Crippen molar-refractivity contribution in [3.05, 3.63) is 70.6 Å². The first-order valence-corrected chi connectivity index (χ1v) is 10.1. The number of rotatable bonds is 3. The quantitative estimate of drug-likeness (QED) is 0.746. The largest absolute Gasteiger partial charge is 0.336 e. The molecule has 4 rings (SSSR count). The van der Waals surface area contributed by atoms with E-state index in [9.17, 15) is 4.79 Å². The van der Waals surface area contributed by atoms with E-state index in [0.29, 0.717) is 13.1 Å². The van der Waals surface area contributed by atoms with E-state index in [2.05, 4.69) is 53.8 Å². The number of nitrogens with one attached hydrogen (secondary N) is 1. The summed E-state index contributed by atoms with van der Waals surface area (Å²) >= 11 is 0. The highest BCUT2D eigenvalue weighted by Gasteiger charge is 2.32. The van der Waals surface area contributed by atoms with Crippen LogP contribution in [-0.2, 0) is 7.05 Å². The van der Waals surface area contributed by atoms with Crippen LogP contribution >= 0.6 is 0 Å². The van der Waals surface area contributed by atoms with Gasteiger partial charge in [0, 0.05) is 56.2 Å². The minimum Gasteiger partial charge on any atom is -0.336 e. The summed E-state index contributed by atoms with van der Waals surface area (Å²) in [5.41, 5.74) is 6.36. The molecule has 29 heavy (non-hydrogen) atoms. The van der Waals surface area contributed by atoms with Gasteiger partial charge in [0.1, 0.15) is 11.9 Å². The molecule has 6 nitrogen and oxygen atoms in total. The average molecular weight is 392 g/mol. The molecule has 1 saturated heterocycles. The zero-order chi connectivity index (χ0) is 20.7. The van der Waals surface area contributed by atoms with Crippen LogP contribution < -0.4 is 5.32 Å². The summed E-state index contributed by atoms with van der Waals surface area (Å²) in [6, 6.07) is 8.46. The minimum atomic E-state index is -0.0690. The zero-order valence-corrected chi connectivity index (χ0v) is 17.9. The Morgan fingerprint density at radius 3 is 2.48 bits per heavy atom. The second kappa shape index (κ2) is 7.52. The predicted molar refractivity (Wildman–Crippen MR) is 115 cm³/mol. The van der Waals surface area contributed by atoms with Crippen molar-refractivity contribution in [1.82, 2.24) is 24.3 Å². The van der Waals surface area contributed by atoms with Crippen molar-refractivity contribution in [3.63, 3.8) is 0 Å². The third-order valence-electron chi connectivity index (χ3n) is 5.79. The molecule has 1 aliphatic rings. The van der Waals surface area contributed by atoms with Gasteiger partial charge in [-0.1, -0.05) is 6.07 Å². The van der Waals surface area contributed by atoms with Gasteiger partial charge in [0.2, 0.25) is 0 Å². The number of carbonyl (C=O) groups excluding carboxylic acids is 1. The number of hydrogen-bond acceptors (Lipinski definition) is 3. The maximum absolute atomic E-state index is 13.6. The molecule has 2 aromatic heterocycles. The van der Waals surface area contributed by atoms with E-state index < -0.39 is 0 Å². The Morgan fingerprint density at radius 2 is 1.83 bits per heavy atom. The fraction of sp³-hybridized carbons (Fsp3) is 0.391. The number of benzene rings is 1. The summed E-state index contributed by atoms with van der Waals surface area (Å²) in [6.45, 7) is 10.5. The maximum Gasteiger partial charge on any atom is 0.256 e. The third kappa shape index (κ3) is 3.49. The van der Waals surface area contributed by atoms with Crippen LogP contribution in [0, 0.1) is 27.7 Å². The molecule has 1 unspecified atom stereocenters. The van der Waals surface area contributed by atoms with Gasteiger partial charge in [0.25, 0.3) is 5.91 Å². The second-order valence-electron chi connectivity index (χ2n) is 8.08. The smallest absolute Gasteiger partial charge is 0.256 e. The fourth-order valence-electron chi connectivity index (χ4n) is 4.49. The summed E-state index contributed by atoms with van der Waals surface area (Å²) < 4.78 is 4.18. The van der Waals surface area contributed by atoms with Gasteiger partial charge in [-0.2, -0.15) is 0 Å². The molecule has 0 bridgehead atoms. The van der Waals surface area contributed by atoms with Crippen molar-refractivity contribution in [1.29, 1.82) is 0 Å². The van der Waals surface area contributed by atoms with Gasteiger partial charge in [0.15, 0.2) is 0 Å². The number of imidazole rings is 1. The third-order valence-corrected chi connectivity index (χ3v) is 5.79. The van der Waals surface area contributed by atoms with Crippen molar-refractivity contribution in [3.8, 4) is 5.69 Å². The maximum atomic E-state index is 13.6. The molecule has 0 spiro atoms. The first-order chi connectivity index (χ1) is 13.9. The lowest BCUT2D eigenvalue weighted by atomic mass is 10.1. The number of amides is 1. The molecular weight excluding hydrogens is 362 g/mol. The molecule has 1 amide bonds. The van der Waals surface area contributed by atoms with Crippen molar-refractivity contribution in [2.75, 3.05) is 19.6 Å². The molecule has 1 aromatic carbocycles. The summed E-state index contributed by atoms with van der Waals surface area (Å²) in [6.07, 6.45) is 3.72. The van der Waals surface area contributed by atoms with Crippen LogP contribution in [0.15, 0.2) is 36.7 Å². The van der Waals surface area contributed by atoms with Gasteiger partial charge in [-0.25, -0.2) is 4.98 Å². The van der Waals surface area contributed by atoms with Crippen LogP contribution in [0.1, 0.15) is 44.7 Å². The van der Waals surface area contributed by atoms with Gasteiger partial charge in [-0.15, -0.1) is 0 Å². The molecule has 3 heterocycles. The van der Waals surface area contributed by atoms with E-state index in [4.69, 9.17) is 0 Å². The van der Waals surface area contributed by atoms with E-state index >= 15 is 0 Å². The van der Waals surface area contributed by atoms with Crippen LogP contribution in [-0.4, -0.2) is 44.6 Å². The van der Waals surface area contributed by atoms with Crippen LogP contribution in [0.4, 0.5) is 0 Å². The minimum absolute atomic E-state index is 0.0690. The first-order valence-electron chi connectivity index (χ1n) is 10.1. The summed E-state index contributed by atoms with van der Waals surface area (Å²) in [7, 11) is 1.98. The van der Waals surface area contributed by atoms with E-state index in [1.807, 2.05) is 35.7 Å². The van der Waals surface area contributed by atoms with Gasteiger partial charge >= 0.3 is 0 Å². The second-order valence-corrected chi connectivity index (χ2v) is 8.08. The van der Waals surface area contributed by atoms with Gasteiger partial charge < -0.3 is 19.4 Å². The molecule has 1 atom stereocenters. The number of piperazine rings is 1. The SMILES string of the molecule is Cc1cc(C)cc(-n2c(C)cc(C(=O)N3CCNCC3c3nccn3C)c2C)c1. The topological polar surface area (TPSA) is 55.1 Å². The Hall–Kier alpha value is -2.86. The Bertz CT molecular complexity index is 1040. The first kappa shape index (κ1) is 19.5. The molecule has 1 N–H and O–H groups in total. The van der Waals surface area contributed by atoms with E-state index in [0.717, 1.165) is 35.0 Å². The van der Waals surface area contributed by atoms with Crippen molar-refractivity contribution in [2.45, 2.75) is 33.7 Å². The number of hydrogen-bond donors (Lipinski definition) is 1. The molecule has 0 aliphatic carbocycles. The van der Waals surface area contributed by atoms with Gasteiger partial charge in [0.05, 0.1) is 5.56 Å². The summed E-state index contributed by atoms with van der Waals surface area (Å²) in [4.78, 5) is 20.1. The van der Waals surface area contributed by atoms with E-state index in [1.54, 1.807) is 6.20 Å². The van der Waals surface area contributed by atoms with Crippen LogP contribution in [0.5, 0.6) is 0 Å². The van der Waals surface area contributed by atoms with Crippen LogP contribution in [0.2, 0.25) is 0 Å². The van der Waals surface area contributed by atoms with Crippen molar-refractivity contribution >= 4 is 5.91 Å². The molecule has 1 fully saturated rings. The van der Waals surface area contributed by atoms with Gasteiger partial charge in [-0.05, 0) is 57.0 Å². The lowest BCUT2D eigenvalue weighted by molar-refractivity contribution is 0.0620. The highest BCUT2D eigenvalue weighted by atomic mass is 16.2. The van der Waals surface area contributed by atoms with E-state index in [-0.39, 0.29) is 11.9 Å². The number of aromatic nitrogens is 3.